The van der Waals surface area contributed by atoms with E-state index in [1.54, 1.807) is 24.0 Å². The zero-order valence-electron chi connectivity index (χ0n) is 16.5. The summed E-state index contributed by atoms with van der Waals surface area (Å²) >= 11 is 0. The lowest BCUT2D eigenvalue weighted by molar-refractivity contribution is 0.160. The van der Waals surface area contributed by atoms with Crippen LogP contribution in [0.5, 0.6) is 0 Å². The number of hydrogen-bond acceptors (Lipinski definition) is 3. The van der Waals surface area contributed by atoms with Crippen molar-refractivity contribution in [2.75, 3.05) is 31.1 Å². The number of ether oxygens (including phenoxy) is 1. The molecule has 5 heteroatoms. The Morgan fingerprint density at radius 2 is 1.79 bits per heavy atom. The average molecular weight is 382 g/mol. The van der Waals surface area contributed by atoms with Gasteiger partial charge in [-0.1, -0.05) is 29.8 Å². The van der Waals surface area contributed by atoms with Crippen LogP contribution >= 0.6 is 0 Å². The molecule has 0 aliphatic carbocycles. The Kier molecular flexibility index (Phi) is 6.82. The second kappa shape index (κ2) is 9.51. The van der Waals surface area contributed by atoms with Crippen LogP contribution < -0.4 is 10.2 Å². The SMILES string of the molecule is CCOC(=O)N(CC)c1ccc(C(=C2CCNCC2)c2cccc(F)c2)cc1. The number of amides is 1. The van der Waals surface area contributed by atoms with Crippen molar-refractivity contribution >= 4 is 17.4 Å². The number of nitrogens with zero attached hydrogens (tertiary/aromatic N) is 1. The Morgan fingerprint density at radius 3 is 2.39 bits per heavy atom. The van der Waals surface area contributed by atoms with Gasteiger partial charge in [-0.25, -0.2) is 9.18 Å². The fourth-order valence-electron chi connectivity index (χ4n) is 3.62. The number of benzene rings is 2. The monoisotopic (exact) mass is 382 g/mol. The summed E-state index contributed by atoms with van der Waals surface area (Å²) in [7, 11) is 0. The summed E-state index contributed by atoms with van der Waals surface area (Å²) in [6.07, 6.45) is 1.54. The summed E-state index contributed by atoms with van der Waals surface area (Å²) in [5, 5.41) is 3.37. The number of nitrogens with one attached hydrogen (secondary N) is 1. The van der Waals surface area contributed by atoms with E-state index >= 15 is 0 Å². The molecule has 0 aromatic heterocycles. The molecule has 148 valence electrons. The van der Waals surface area contributed by atoms with Crippen molar-refractivity contribution < 1.29 is 13.9 Å². The van der Waals surface area contributed by atoms with Gasteiger partial charge in [0.15, 0.2) is 0 Å². The molecular formula is C23H27FN2O2. The molecule has 28 heavy (non-hydrogen) atoms. The maximum absolute atomic E-state index is 13.9. The van der Waals surface area contributed by atoms with E-state index in [1.807, 2.05) is 37.3 Å². The van der Waals surface area contributed by atoms with Gasteiger partial charge in [-0.3, -0.25) is 4.90 Å². The lowest BCUT2D eigenvalue weighted by atomic mass is 9.88. The number of carbonyl (C=O) groups is 1. The summed E-state index contributed by atoms with van der Waals surface area (Å²) in [5.41, 5.74) is 5.13. The molecule has 4 nitrogen and oxygen atoms in total. The fourth-order valence-corrected chi connectivity index (χ4v) is 3.62. The van der Waals surface area contributed by atoms with Crippen molar-refractivity contribution in [1.82, 2.24) is 5.32 Å². The van der Waals surface area contributed by atoms with Gasteiger partial charge in [0.25, 0.3) is 0 Å². The molecule has 1 aliphatic heterocycles. The van der Waals surface area contributed by atoms with E-state index < -0.39 is 0 Å². The first-order valence-electron chi connectivity index (χ1n) is 9.87. The largest absolute Gasteiger partial charge is 0.449 e. The number of carbonyl (C=O) groups excluding carboxylic acids is 1. The molecule has 1 saturated heterocycles. The van der Waals surface area contributed by atoms with Gasteiger partial charge in [-0.15, -0.1) is 0 Å². The van der Waals surface area contributed by atoms with Crippen LogP contribution in [0.1, 0.15) is 37.8 Å². The van der Waals surface area contributed by atoms with Gasteiger partial charge in [-0.05, 0) is 80.7 Å². The van der Waals surface area contributed by atoms with E-state index in [2.05, 4.69) is 5.32 Å². The van der Waals surface area contributed by atoms with E-state index in [9.17, 15) is 9.18 Å². The molecule has 0 atom stereocenters. The third kappa shape index (κ3) is 4.60. The van der Waals surface area contributed by atoms with Gasteiger partial charge < -0.3 is 10.1 Å². The van der Waals surface area contributed by atoms with Crippen LogP contribution in [0.15, 0.2) is 54.1 Å². The van der Waals surface area contributed by atoms with Crippen LogP contribution in [-0.4, -0.2) is 32.3 Å². The third-order valence-corrected chi connectivity index (χ3v) is 4.95. The number of anilines is 1. The zero-order chi connectivity index (χ0) is 19.9. The van der Waals surface area contributed by atoms with E-state index in [4.69, 9.17) is 4.74 Å². The first-order valence-corrected chi connectivity index (χ1v) is 9.87. The molecule has 0 spiro atoms. The molecule has 1 amide bonds. The van der Waals surface area contributed by atoms with Gasteiger partial charge in [0.2, 0.25) is 0 Å². The summed E-state index contributed by atoms with van der Waals surface area (Å²) in [4.78, 5) is 13.7. The highest BCUT2D eigenvalue weighted by atomic mass is 19.1. The Labute approximate surface area is 166 Å². The Bertz CT molecular complexity index is 838. The minimum Gasteiger partial charge on any atom is -0.449 e. The minimum atomic E-state index is -0.347. The molecular weight excluding hydrogens is 355 g/mol. The maximum Gasteiger partial charge on any atom is 0.414 e. The molecule has 0 unspecified atom stereocenters. The molecule has 3 rings (SSSR count). The van der Waals surface area contributed by atoms with Crippen molar-refractivity contribution in [3.63, 3.8) is 0 Å². The number of halogens is 1. The molecule has 1 fully saturated rings. The van der Waals surface area contributed by atoms with Gasteiger partial charge in [0, 0.05) is 12.2 Å². The predicted octanol–water partition coefficient (Wildman–Crippen LogP) is 4.99. The Morgan fingerprint density at radius 1 is 1.07 bits per heavy atom. The fraction of sp³-hybridized carbons (Fsp3) is 0.348. The first-order chi connectivity index (χ1) is 13.6. The van der Waals surface area contributed by atoms with Crippen molar-refractivity contribution in [2.24, 2.45) is 0 Å². The molecule has 1 heterocycles. The van der Waals surface area contributed by atoms with Crippen molar-refractivity contribution in [3.05, 3.63) is 71.0 Å². The molecule has 0 bridgehead atoms. The summed E-state index contributed by atoms with van der Waals surface area (Å²) in [6.45, 7) is 6.45. The van der Waals surface area contributed by atoms with Crippen LogP contribution in [0, 0.1) is 5.82 Å². The Hall–Kier alpha value is -2.66. The summed E-state index contributed by atoms with van der Waals surface area (Å²) in [5.74, 6) is -0.236. The highest BCUT2D eigenvalue weighted by molar-refractivity contribution is 5.89. The Balaban J connectivity index is 1.98. The first kappa shape index (κ1) is 20.1. The van der Waals surface area contributed by atoms with Gasteiger partial charge in [0.05, 0.1) is 6.61 Å². The van der Waals surface area contributed by atoms with Crippen LogP contribution in [0.4, 0.5) is 14.9 Å². The predicted molar refractivity (Wildman–Crippen MR) is 111 cm³/mol. The van der Waals surface area contributed by atoms with E-state index in [0.717, 1.165) is 48.3 Å². The lowest BCUT2D eigenvalue weighted by Gasteiger charge is -2.23. The van der Waals surface area contributed by atoms with Crippen molar-refractivity contribution in [1.29, 1.82) is 0 Å². The average Bonchev–Trinajstić information content (AvgIpc) is 2.71. The zero-order valence-corrected chi connectivity index (χ0v) is 16.5. The van der Waals surface area contributed by atoms with E-state index in [0.29, 0.717) is 13.2 Å². The highest BCUT2D eigenvalue weighted by Gasteiger charge is 2.18. The van der Waals surface area contributed by atoms with E-state index in [-0.39, 0.29) is 11.9 Å². The maximum atomic E-state index is 13.9. The summed E-state index contributed by atoms with van der Waals surface area (Å²) in [6, 6.07) is 14.6. The molecule has 0 radical (unpaired) electrons. The molecule has 1 aliphatic rings. The second-order valence-corrected chi connectivity index (χ2v) is 6.73. The summed E-state index contributed by atoms with van der Waals surface area (Å²) < 4.78 is 19.0. The standard InChI is InChI=1S/C23H27FN2O2/c1-3-26(23(27)28-4-2)21-10-8-17(9-11-21)22(18-12-14-25-15-13-18)19-6-5-7-20(24)16-19/h5-11,16,25H,3-4,12-15H2,1-2H3. The lowest BCUT2D eigenvalue weighted by Crippen LogP contribution is -2.31. The number of rotatable bonds is 5. The van der Waals surface area contributed by atoms with Crippen molar-refractivity contribution in [3.8, 4) is 0 Å². The molecule has 2 aromatic rings. The smallest absolute Gasteiger partial charge is 0.414 e. The van der Waals surface area contributed by atoms with Gasteiger partial charge in [0.1, 0.15) is 5.82 Å². The minimum absolute atomic E-state index is 0.236. The second-order valence-electron chi connectivity index (χ2n) is 6.73. The van der Waals surface area contributed by atoms with Crippen LogP contribution in [0.2, 0.25) is 0 Å². The number of piperidine rings is 1. The van der Waals surface area contributed by atoms with Crippen LogP contribution in [-0.2, 0) is 4.74 Å². The van der Waals surface area contributed by atoms with Crippen LogP contribution in [0.3, 0.4) is 0 Å². The van der Waals surface area contributed by atoms with Crippen LogP contribution in [0.25, 0.3) is 5.57 Å². The van der Waals surface area contributed by atoms with Gasteiger partial charge >= 0.3 is 6.09 Å². The van der Waals surface area contributed by atoms with E-state index in [1.165, 1.54) is 11.6 Å². The topological polar surface area (TPSA) is 41.6 Å². The third-order valence-electron chi connectivity index (χ3n) is 4.95. The molecule has 1 N–H and O–H groups in total. The van der Waals surface area contributed by atoms with Gasteiger partial charge in [-0.2, -0.15) is 0 Å². The van der Waals surface area contributed by atoms with Crippen molar-refractivity contribution in [2.45, 2.75) is 26.7 Å². The number of hydrogen-bond donors (Lipinski definition) is 1. The quantitative estimate of drug-likeness (QED) is 0.792. The highest BCUT2D eigenvalue weighted by Crippen LogP contribution is 2.32. The molecule has 2 aromatic carbocycles. The normalized spacial score (nSPS) is 13.9. The molecule has 0 saturated carbocycles.